The lowest BCUT2D eigenvalue weighted by Crippen LogP contribution is -1.90. The Morgan fingerprint density at radius 1 is 1.05 bits per heavy atom. The second-order valence-corrected chi connectivity index (χ2v) is 6.31. The van der Waals surface area contributed by atoms with E-state index in [1.54, 1.807) is 5.38 Å². The van der Waals surface area contributed by atoms with Crippen molar-refractivity contribution >= 4 is 27.3 Å². The molecular weight excluding hydrogens is 356 g/mol. The van der Waals surface area contributed by atoms with Crippen molar-refractivity contribution in [1.29, 1.82) is 0 Å². The van der Waals surface area contributed by atoms with E-state index < -0.39 is 11.6 Å². The van der Waals surface area contributed by atoms with Crippen LogP contribution < -0.4 is 0 Å². The first kappa shape index (κ1) is 14.4. The van der Waals surface area contributed by atoms with Crippen molar-refractivity contribution in [3.63, 3.8) is 0 Å². The van der Waals surface area contributed by atoms with Crippen LogP contribution in [0.15, 0.2) is 46.3 Å². The Morgan fingerprint density at radius 2 is 1.81 bits per heavy atom. The predicted molar refractivity (Wildman–Crippen MR) is 85.3 cm³/mol. The predicted octanol–water partition coefficient (Wildman–Crippen LogP) is 5.83. The molecule has 0 radical (unpaired) electrons. The zero-order valence-corrected chi connectivity index (χ0v) is 13.4. The van der Waals surface area contributed by atoms with Gasteiger partial charge in [0.05, 0.1) is 5.69 Å². The van der Waals surface area contributed by atoms with Crippen LogP contribution in [-0.4, -0.2) is 4.98 Å². The third-order valence-corrected chi connectivity index (χ3v) is 4.70. The topological polar surface area (TPSA) is 12.9 Å². The third kappa shape index (κ3) is 2.76. The first-order valence-electron chi connectivity index (χ1n) is 6.22. The lowest BCUT2D eigenvalue weighted by atomic mass is 10.1. The average Bonchev–Trinajstić information content (AvgIpc) is 2.92. The van der Waals surface area contributed by atoms with Gasteiger partial charge < -0.3 is 0 Å². The van der Waals surface area contributed by atoms with Gasteiger partial charge in [0.1, 0.15) is 16.6 Å². The van der Waals surface area contributed by atoms with Crippen LogP contribution in [0.4, 0.5) is 8.78 Å². The van der Waals surface area contributed by atoms with E-state index in [1.165, 1.54) is 30.4 Å². The normalized spacial score (nSPS) is 10.9. The molecule has 0 unspecified atom stereocenters. The van der Waals surface area contributed by atoms with Crippen LogP contribution >= 0.6 is 27.3 Å². The monoisotopic (exact) mass is 365 g/mol. The Kier molecular flexibility index (Phi) is 3.87. The second kappa shape index (κ2) is 5.66. The van der Waals surface area contributed by atoms with Crippen molar-refractivity contribution in [3.05, 3.63) is 63.4 Å². The highest BCUT2D eigenvalue weighted by Gasteiger charge is 2.14. The van der Waals surface area contributed by atoms with E-state index in [1.807, 2.05) is 24.3 Å². The average molecular weight is 366 g/mol. The van der Waals surface area contributed by atoms with Crippen LogP contribution in [0.5, 0.6) is 0 Å². The molecule has 0 bridgehead atoms. The Morgan fingerprint density at radius 3 is 2.57 bits per heavy atom. The van der Waals surface area contributed by atoms with E-state index >= 15 is 0 Å². The third-order valence-electron chi connectivity index (χ3n) is 3.13. The number of hydrogen-bond acceptors (Lipinski definition) is 2. The Bertz CT molecular complexity index is 814. The summed E-state index contributed by atoms with van der Waals surface area (Å²) in [6.07, 6.45) is 0. The van der Waals surface area contributed by atoms with E-state index in [0.29, 0.717) is 5.69 Å². The van der Waals surface area contributed by atoms with Crippen LogP contribution in [0.3, 0.4) is 0 Å². The van der Waals surface area contributed by atoms with Crippen LogP contribution in [-0.2, 0) is 0 Å². The maximum Gasteiger partial charge on any atom is 0.133 e. The van der Waals surface area contributed by atoms with Crippen molar-refractivity contribution < 1.29 is 8.78 Å². The van der Waals surface area contributed by atoms with Gasteiger partial charge in [-0.1, -0.05) is 34.1 Å². The summed E-state index contributed by atoms with van der Waals surface area (Å²) in [5.74, 6) is -0.889. The molecule has 0 aliphatic heterocycles. The number of aryl methyl sites for hydroxylation is 1. The number of nitrogens with zero attached hydrogens (tertiary/aromatic N) is 1. The fourth-order valence-electron chi connectivity index (χ4n) is 2.00. The Balaban J connectivity index is 2.07. The molecule has 0 N–H and O–H groups in total. The molecule has 0 amide bonds. The van der Waals surface area contributed by atoms with E-state index in [2.05, 4.69) is 20.9 Å². The first-order valence-corrected chi connectivity index (χ1v) is 7.90. The van der Waals surface area contributed by atoms with Crippen LogP contribution in [0, 0.1) is 18.6 Å². The van der Waals surface area contributed by atoms with E-state index in [4.69, 9.17) is 0 Å². The minimum absolute atomic E-state index is 0.188. The fraction of sp³-hybridized carbons (Fsp3) is 0.0625. The van der Waals surface area contributed by atoms with E-state index in [0.717, 1.165) is 15.0 Å². The number of aromatic nitrogens is 1. The molecule has 0 saturated heterocycles. The first-order chi connectivity index (χ1) is 10.1. The zero-order chi connectivity index (χ0) is 15.0. The summed E-state index contributed by atoms with van der Waals surface area (Å²) < 4.78 is 28.6. The van der Waals surface area contributed by atoms with Gasteiger partial charge in [0, 0.05) is 21.0 Å². The summed E-state index contributed by atoms with van der Waals surface area (Å²) in [5, 5.41) is 2.50. The van der Waals surface area contributed by atoms with Gasteiger partial charge in [-0.2, -0.15) is 0 Å². The molecule has 0 atom stereocenters. The molecule has 1 nitrogen and oxygen atoms in total. The molecule has 106 valence electrons. The SMILES string of the molecule is Cc1cc(F)c(-c2csc(-c3ccccc3Br)n2)cc1F. The number of hydrogen-bond donors (Lipinski definition) is 0. The zero-order valence-electron chi connectivity index (χ0n) is 11.0. The summed E-state index contributed by atoms with van der Waals surface area (Å²) in [4.78, 5) is 4.43. The molecule has 3 rings (SSSR count). The number of benzene rings is 2. The minimum atomic E-state index is -0.460. The van der Waals surface area contributed by atoms with E-state index in [9.17, 15) is 8.78 Å². The van der Waals surface area contributed by atoms with Gasteiger partial charge in [-0.05, 0) is 30.7 Å². The maximum absolute atomic E-state index is 14.0. The summed E-state index contributed by atoms with van der Waals surface area (Å²) in [7, 11) is 0. The molecule has 0 fully saturated rings. The Labute approximate surface area is 133 Å². The Hall–Kier alpha value is -1.59. The number of rotatable bonds is 2. The van der Waals surface area contributed by atoms with Gasteiger partial charge in [-0.15, -0.1) is 11.3 Å². The maximum atomic E-state index is 14.0. The fourth-order valence-corrected chi connectivity index (χ4v) is 3.46. The molecule has 0 saturated carbocycles. The number of halogens is 3. The van der Waals surface area contributed by atoms with Gasteiger partial charge in [-0.3, -0.25) is 0 Å². The highest BCUT2D eigenvalue weighted by Crippen LogP contribution is 2.34. The van der Waals surface area contributed by atoms with Gasteiger partial charge in [0.2, 0.25) is 0 Å². The molecule has 0 spiro atoms. The molecule has 1 heterocycles. The van der Waals surface area contributed by atoms with Gasteiger partial charge in [-0.25, -0.2) is 13.8 Å². The highest BCUT2D eigenvalue weighted by molar-refractivity contribution is 9.10. The number of thiazole rings is 1. The van der Waals surface area contributed by atoms with Crippen molar-refractivity contribution in [2.75, 3.05) is 0 Å². The summed E-state index contributed by atoms with van der Waals surface area (Å²) >= 11 is 4.87. The van der Waals surface area contributed by atoms with Crippen LogP contribution in [0.1, 0.15) is 5.56 Å². The molecule has 5 heteroatoms. The van der Waals surface area contributed by atoms with Crippen LogP contribution in [0.25, 0.3) is 21.8 Å². The molecule has 1 aromatic heterocycles. The smallest absolute Gasteiger partial charge is 0.133 e. The minimum Gasteiger partial charge on any atom is -0.236 e. The van der Waals surface area contributed by atoms with Crippen molar-refractivity contribution in [1.82, 2.24) is 4.98 Å². The molecular formula is C16H10BrF2NS. The highest BCUT2D eigenvalue weighted by atomic mass is 79.9. The summed E-state index contributed by atoms with van der Waals surface area (Å²) in [6, 6.07) is 10.1. The van der Waals surface area contributed by atoms with Crippen molar-refractivity contribution in [2.24, 2.45) is 0 Å². The van der Waals surface area contributed by atoms with Gasteiger partial charge >= 0.3 is 0 Å². The second-order valence-electron chi connectivity index (χ2n) is 4.60. The summed E-state index contributed by atoms with van der Waals surface area (Å²) in [6.45, 7) is 1.54. The molecule has 0 aliphatic carbocycles. The van der Waals surface area contributed by atoms with Crippen molar-refractivity contribution in [3.8, 4) is 21.8 Å². The molecule has 0 aliphatic rings. The summed E-state index contributed by atoms with van der Waals surface area (Å²) in [5.41, 5.74) is 1.86. The molecule has 2 aromatic carbocycles. The van der Waals surface area contributed by atoms with Crippen molar-refractivity contribution in [2.45, 2.75) is 6.92 Å². The van der Waals surface area contributed by atoms with Crippen LogP contribution in [0.2, 0.25) is 0 Å². The standard InChI is InChI=1S/C16H10BrF2NS/c1-9-6-14(19)11(7-13(9)18)15-8-21-16(20-15)10-4-2-3-5-12(10)17/h2-8H,1H3. The molecule has 21 heavy (non-hydrogen) atoms. The van der Waals surface area contributed by atoms with Gasteiger partial charge in [0.15, 0.2) is 0 Å². The lowest BCUT2D eigenvalue weighted by Gasteiger charge is -2.03. The van der Waals surface area contributed by atoms with E-state index in [-0.39, 0.29) is 11.1 Å². The quantitative estimate of drug-likeness (QED) is 0.556. The van der Waals surface area contributed by atoms with Gasteiger partial charge in [0.25, 0.3) is 0 Å². The largest absolute Gasteiger partial charge is 0.236 e. The lowest BCUT2D eigenvalue weighted by molar-refractivity contribution is 0.595. The molecule has 3 aromatic rings.